The molecule has 0 bridgehead atoms. The molecule has 246 valence electrons. The number of rotatable bonds is 4. The highest BCUT2D eigenvalue weighted by Crippen LogP contribution is 2.51. The molecule has 0 spiro atoms. The number of fused-ring (bicyclic) bond motifs is 11. The Bertz CT molecular complexity index is 3050. The van der Waals surface area contributed by atoms with Crippen LogP contribution in [0.3, 0.4) is 0 Å². The summed E-state index contributed by atoms with van der Waals surface area (Å²) in [5, 5.41) is 6.98. The van der Waals surface area contributed by atoms with Crippen LogP contribution >= 0.6 is 0 Å². The fourth-order valence-corrected chi connectivity index (χ4v) is 8.67. The van der Waals surface area contributed by atoms with Gasteiger partial charge in [-0.05, 0) is 105 Å². The summed E-state index contributed by atoms with van der Waals surface area (Å²) in [5.74, 6) is 0. The third kappa shape index (κ3) is 4.20. The molecule has 3 heteroatoms. The maximum absolute atomic E-state index is 6.39. The molecule has 0 fully saturated rings. The van der Waals surface area contributed by atoms with Crippen molar-refractivity contribution in [1.29, 1.82) is 0 Å². The van der Waals surface area contributed by atoms with Crippen LogP contribution in [0.15, 0.2) is 173 Å². The van der Waals surface area contributed by atoms with Crippen LogP contribution in [0.4, 0.5) is 17.1 Å². The van der Waals surface area contributed by atoms with Gasteiger partial charge < -0.3 is 13.7 Å². The second kappa shape index (κ2) is 10.7. The van der Waals surface area contributed by atoms with E-state index in [-0.39, 0.29) is 5.41 Å². The van der Waals surface area contributed by atoms with Crippen molar-refractivity contribution >= 4 is 71.7 Å². The molecule has 1 aliphatic rings. The number of nitrogens with zero attached hydrogens (tertiary/aromatic N) is 1. The van der Waals surface area contributed by atoms with Gasteiger partial charge in [0.05, 0.1) is 0 Å². The molecule has 0 amide bonds. The van der Waals surface area contributed by atoms with Crippen LogP contribution in [0.1, 0.15) is 25.0 Å². The third-order valence-electron chi connectivity index (χ3n) is 11.3. The van der Waals surface area contributed by atoms with Crippen molar-refractivity contribution in [2.24, 2.45) is 0 Å². The van der Waals surface area contributed by atoms with Crippen molar-refractivity contribution in [2.45, 2.75) is 19.3 Å². The topological polar surface area (TPSA) is 29.5 Å². The lowest BCUT2D eigenvalue weighted by Crippen LogP contribution is -2.16. The predicted molar refractivity (Wildman–Crippen MR) is 216 cm³/mol. The van der Waals surface area contributed by atoms with Crippen molar-refractivity contribution < 1.29 is 8.83 Å². The highest BCUT2D eigenvalue weighted by molar-refractivity contribution is 6.19. The number of benzene rings is 8. The van der Waals surface area contributed by atoms with Crippen molar-refractivity contribution in [2.75, 3.05) is 4.90 Å². The zero-order chi connectivity index (χ0) is 34.6. The molecule has 52 heavy (non-hydrogen) atoms. The fourth-order valence-electron chi connectivity index (χ4n) is 8.67. The average Bonchev–Trinajstić information content (AvgIpc) is 3.83. The minimum atomic E-state index is -0.107. The number of hydrogen-bond donors (Lipinski definition) is 0. The molecule has 8 aromatic carbocycles. The Morgan fingerprint density at radius 1 is 0.404 bits per heavy atom. The van der Waals surface area contributed by atoms with Crippen LogP contribution in [0, 0.1) is 0 Å². The first kappa shape index (κ1) is 29.2. The quantitative estimate of drug-likeness (QED) is 0.187. The zero-order valence-corrected chi connectivity index (χ0v) is 28.9. The lowest BCUT2D eigenvalue weighted by molar-refractivity contribution is 0.660. The first-order valence-electron chi connectivity index (χ1n) is 17.9. The van der Waals surface area contributed by atoms with Gasteiger partial charge in [0.25, 0.3) is 0 Å². The molecule has 0 aliphatic heterocycles. The normalized spacial score (nSPS) is 13.3. The molecular weight excluding hydrogens is 635 g/mol. The summed E-state index contributed by atoms with van der Waals surface area (Å²) in [7, 11) is 0. The van der Waals surface area contributed by atoms with E-state index in [1.807, 2.05) is 24.3 Å². The van der Waals surface area contributed by atoms with E-state index < -0.39 is 0 Å². The molecule has 0 atom stereocenters. The molecular formula is C49H33NO2. The molecule has 2 heterocycles. The van der Waals surface area contributed by atoms with Crippen LogP contribution in [-0.4, -0.2) is 0 Å². The monoisotopic (exact) mass is 667 g/mol. The predicted octanol–water partition coefficient (Wildman–Crippen LogP) is 14.1. The van der Waals surface area contributed by atoms with Gasteiger partial charge in [-0.3, -0.25) is 0 Å². The van der Waals surface area contributed by atoms with E-state index in [2.05, 4.69) is 158 Å². The molecule has 1 aliphatic carbocycles. The Morgan fingerprint density at radius 2 is 1.02 bits per heavy atom. The van der Waals surface area contributed by atoms with Gasteiger partial charge in [0.15, 0.2) is 0 Å². The number of para-hydroxylation sites is 2. The average molecular weight is 668 g/mol. The third-order valence-corrected chi connectivity index (χ3v) is 11.3. The molecule has 2 aromatic heterocycles. The highest BCUT2D eigenvalue weighted by Gasteiger charge is 2.35. The SMILES string of the molecule is CC1(C)c2ccccc2-c2ccc(N(c3ccc(-c4ccc5c(ccc6oc7ccccc7c65)c4)cc3)c3ccc4c(c3)oc3ccccc34)cc21. The molecule has 11 rings (SSSR count). The van der Waals surface area contributed by atoms with Crippen LogP contribution in [0.25, 0.3) is 76.9 Å². The van der Waals surface area contributed by atoms with Crippen molar-refractivity contribution in [1.82, 2.24) is 0 Å². The van der Waals surface area contributed by atoms with Gasteiger partial charge in [-0.1, -0.05) is 111 Å². The summed E-state index contributed by atoms with van der Waals surface area (Å²) in [6.45, 7) is 4.68. The Hall–Kier alpha value is -6.58. The Kier molecular flexibility index (Phi) is 6.01. The Balaban J connectivity index is 1.04. The Labute approximate surface area is 301 Å². The summed E-state index contributed by atoms with van der Waals surface area (Å²) in [5.41, 5.74) is 14.5. The van der Waals surface area contributed by atoms with Gasteiger partial charge in [-0.15, -0.1) is 0 Å². The lowest BCUT2D eigenvalue weighted by Gasteiger charge is -2.28. The zero-order valence-electron chi connectivity index (χ0n) is 28.9. The molecule has 0 N–H and O–H groups in total. The molecule has 0 radical (unpaired) electrons. The summed E-state index contributed by atoms with van der Waals surface area (Å²) in [6.07, 6.45) is 0. The van der Waals surface area contributed by atoms with E-state index in [0.29, 0.717) is 0 Å². The first-order chi connectivity index (χ1) is 25.5. The van der Waals surface area contributed by atoms with Gasteiger partial charge in [-0.2, -0.15) is 0 Å². The van der Waals surface area contributed by atoms with E-state index in [4.69, 9.17) is 8.83 Å². The summed E-state index contributed by atoms with van der Waals surface area (Å²) < 4.78 is 12.6. The molecule has 10 aromatic rings. The van der Waals surface area contributed by atoms with E-state index in [9.17, 15) is 0 Å². The first-order valence-corrected chi connectivity index (χ1v) is 17.9. The van der Waals surface area contributed by atoms with Crippen LogP contribution in [0.5, 0.6) is 0 Å². The van der Waals surface area contributed by atoms with Gasteiger partial charge in [0.1, 0.15) is 22.3 Å². The second-order valence-electron chi connectivity index (χ2n) is 14.5. The molecule has 0 saturated heterocycles. The standard InChI is InChI=1S/C49H33NO2/c1-49(2)42-12-6-3-9-37(42)38-24-21-34(28-43(38)49)50(35-22-25-40-39-10-4-7-13-44(39)52-47(40)29-35)33-19-15-30(16-20-33)31-17-23-36-32(27-31)18-26-46-48(36)41-11-5-8-14-45(41)51-46/h3-29H,1-2H3. The minimum Gasteiger partial charge on any atom is -0.456 e. The van der Waals surface area contributed by atoms with E-state index in [1.165, 1.54) is 49.5 Å². The lowest BCUT2D eigenvalue weighted by atomic mass is 9.82. The van der Waals surface area contributed by atoms with Gasteiger partial charge >= 0.3 is 0 Å². The number of hydrogen-bond acceptors (Lipinski definition) is 3. The van der Waals surface area contributed by atoms with Crippen molar-refractivity contribution in [3.8, 4) is 22.3 Å². The van der Waals surface area contributed by atoms with E-state index >= 15 is 0 Å². The number of furan rings is 2. The van der Waals surface area contributed by atoms with Crippen molar-refractivity contribution in [3.63, 3.8) is 0 Å². The van der Waals surface area contributed by atoms with E-state index in [1.54, 1.807) is 0 Å². The Morgan fingerprint density at radius 3 is 1.88 bits per heavy atom. The van der Waals surface area contributed by atoms with Crippen molar-refractivity contribution in [3.05, 3.63) is 175 Å². The molecule has 0 saturated carbocycles. The van der Waals surface area contributed by atoms with Gasteiger partial charge in [0, 0.05) is 50.1 Å². The highest BCUT2D eigenvalue weighted by atomic mass is 16.3. The summed E-state index contributed by atoms with van der Waals surface area (Å²) in [4.78, 5) is 2.36. The summed E-state index contributed by atoms with van der Waals surface area (Å²) in [6, 6.07) is 58.9. The van der Waals surface area contributed by atoms with Gasteiger partial charge in [0.2, 0.25) is 0 Å². The number of anilines is 3. The smallest absolute Gasteiger partial charge is 0.137 e. The van der Waals surface area contributed by atoms with E-state index in [0.717, 1.165) is 55.6 Å². The molecule has 0 unspecified atom stereocenters. The minimum absolute atomic E-state index is 0.107. The van der Waals surface area contributed by atoms with Crippen LogP contribution in [0.2, 0.25) is 0 Å². The maximum Gasteiger partial charge on any atom is 0.137 e. The summed E-state index contributed by atoms with van der Waals surface area (Å²) >= 11 is 0. The second-order valence-corrected chi connectivity index (χ2v) is 14.5. The van der Waals surface area contributed by atoms with Crippen LogP contribution < -0.4 is 4.90 Å². The fraction of sp³-hybridized carbons (Fsp3) is 0.0612. The van der Waals surface area contributed by atoms with Gasteiger partial charge in [-0.25, -0.2) is 0 Å². The largest absolute Gasteiger partial charge is 0.456 e. The maximum atomic E-state index is 6.39. The molecule has 3 nitrogen and oxygen atoms in total. The van der Waals surface area contributed by atoms with Crippen LogP contribution in [-0.2, 0) is 5.41 Å².